The molecular formula is C16H14FN3O3S. The molecule has 1 aromatic heterocycles. The van der Waals surface area contributed by atoms with Crippen LogP contribution in [0.5, 0.6) is 0 Å². The highest BCUT2D eigenvalue weighted by atomic mass is 32.1. The van der Waals surface area contributed by atoms with Gasteiger partial charge in [-0.2, -0.15) is 0 Å². The van der Waals surface area contributed by atoms with Crippen molar-refractivity contribution >= 4 is 34.1 Å². The van der Waals surface area contributed by atoms with Gasteiger partial charge in [-0.15, -0.1) is 11.3 Å². The molecule has 0 unspecified atom stereocenters. The molecule has 0 saturated carbocycles. The quantitative estimate of drug-likeness (QED) is 0.519. The lowest BCUT2D eigenvalue weighted by Crippen LogP contribution is -2.07. The maximum Gasteiger partial charge on any atom is 0.279 e. The van der Waals surface area contributed by atoms with E-state index >= 15 is 0 Å². The van der Waals surface area contributed by atoms with Crippen LogP contribution >= 0.6 is 11.3 Å². The second kappa shape index (κ2) is 6.88. The van der Waals surface area contributed by atoms with Crippen molar-refractivity contribution in [2.24, 2.45) is 0 Å². The van der Waals surface area contributed by atoms with Crippen LogP contribution in [0.15, 0.2) is 24.3 Å². The molecule has 3 rings (SSSR count). The fourth-order valence-electron chi connectivity index (χ4n) is 2.53. The van der Waals surface area contributed by atoms with Gasteiger partial charge in [0.2, 0.25) is 5.91 Å². The number of benzene rings is 1. The van der Waals surface area contributed by atoms with Gasteiger partial charge >= 0.3 is 0 Å². The Morgan fingerprint density at radius 1 is 1.38 bits per heavy atom. The number of fused-ring (bicyclic) bond motifs is 1. The Balaban J connectivity index is 1.72. The molecule has 2 aromatic rings. The number of aryl methyl sites for hydroxylation is 2. The van der Waals surface area contributed by atoms with Gasteiger partial charge in [-0.25, -0.2) is 9.37 Å². The van der Waals surface area contributed by atoms with E-state index in [-0.39, 0.29) is 11.3 Å². The molecule has 6 nitrogen and oxygen atoms in total. The van der Waals surface area contributed by atoms with Crippen LogP contribution in [0.2, 0.25) is 0 Å². The minimum Gasteiger partial charge on any atom is -0.298 e. The molecular weight excluding hydrogens is 333 g/mol. The molecule has 0 fully saturated rings. The van der Waals surface area contributed by atoms with E-state index in [1.807, 2.05) is 0 Å². The van der Waals surface area contributed by atoms with Crippen molar-refractivity contribution in [3.63, 3.8) is 0 Å². The molecule has 0 spiro atoms. The number of nitro benzene ring substituents is 1. The van der Waals surface area contributed by atoms with Gasteiger partial charge < -0.3 is 0 Å². The number of nitrogens with one attached hydrogen (secondary N) is 1. The molecule has 1 N–H and O–H groups in total. The van der Waals surface area contributed by atoms with Gasteiger partial charge in [0.1, 0.15) is 5.82 Å². The summed E-state index contributed by atoms with van der Waals surface area (Å²) >= 11 is 1.46. The summed E-state index contributed by atoms with van der Waals surface area (Å²) in [5, 5.41) is 14.1. The molecule has 0 bridgehead atoms. The second-order valence-electron chi connectivity index (χ2n) is 5.38. The number of halogens is 1. The van der Waals surface area contributed by atoms with Crippen LogP contribution in [-0.2, 0) is 17.6 Å². The standard InChI is InChI=1S/C16H14FN3O3S/c17-11-7-5-10(13(9-11)20(22)23)6-8-15(21)19-16-18-12-3-1-2-4-14(12)24-16/h5-9H,1-4H2,(H,18,19,21)/b8-6+. The minimum absolute atomic E-state index is 0.162. The van der Waals surface area contributed by atoms with Gasteiger partial charge in [0.25, 0.3) is 5.69 Å². The van der Waals surface area contributed by atoms with Crippen LogP contribution in [0.1, 0.15) is 29.0 Å². The highest BCUT2D eigenvalue weighted by Crippen LogP contribution is 2.29. The van der Waals surface area contributed by atoms with E-state index in [2.05, 4.69) is 10.3 Å². The predicted molar refractivity (Wildman–Crippen MR) is 89.5 cm³/mol. The summed E-state index contributed by atoms with van der Waals surface area (Å²) < 4.78 is 13.1. The van der Waals surface area contributed by atoms with Gasteiger partial charge in [-0.1, -0.05) is 0 Å². The molecule has 1 amide bonds. The van der Waals surface area contributed by atoms with E-state index in [0.29, 0.717) is 5.13 Å². The highest BCUT2D eigenvalue weighted by molar-refractivity contribution is 7.15. The van der Waals surface area contributed by atoms with Crippen molar-refractivity contribution in [3.05, 3.63) is 56.3 Å². The Morgan fingerprint density at radius 2 is 2.17 bits per heavy atom. The van der Waals surface area contributed by atoms with E-state index in [0.717, 1.165) is 43.5 Å². The van der Waals surface area contributed by atoms with Gasteiger partial charge in [0.15, 0.2) is 5.13 Å². The van der Waals surface area contributed by atoms with E-state index in [1.165, 1.54) is 34.4 Å². The molecule has 1 aliphatic carbocycles. The number of hydrogen-bond acceptors (Lipinski definition) is 5. The van der Waals surface area contributed by atoms with E-state index < -0.39 is 16.6 Å². The van der Waals surface area contributed by atoms with Gasteiger partial charge in [0, 0.05) is 11.0 Å². The number of nitro groups is 1. The largest absolute Gasteiger partial charge is 0.298 e. The SMILES string of the molecule is O=C(/C=C/c1ccc(F)cc1[N+](=O)[O-])Nc1nc2c(s1)CCCC2. The van der Waals surface area contributed by atoms with Crippen LogP contribution in [0, 0.1) is 15.9 Å². The molecule has 1 aliphatic rings. The van der Waals surface area contributed by atoms with Gasteiger partial charge in [-0.05, 0) is 43.9 Å². The third-order valence-corrected chi connectivity index (χ3v) is 4.75. The van der Waals surface area contributed by atoms with E-state index in [4.69, 9.17) is 0 Å². The van der Waals surface area contributed by atoms with Crippen molar-refractivity contribution in [1.82, 2.24) is 4.98 Å². The summed E-state index contributed by atoms with van der Waals surface area (Å²) in [6.07, 6.45) is 6.63. The Kier molecular flexibility index (Phi) is 4.66. The fourth-order valence-corrected chi connectivity index (χ4v) is 3.59. The number of anilines is 1. The molecule has 0 radical (unpaired) electrons. The smallest absolute Gasteiger partial charge is 0.279 e. The zero-order valence-corrected chi connectivity index (χ0v) is 13.4. The lowest BCUT2D eigenvalue weighted by molar-refractivity contribution is -0.385. The van der Waals surface area contributed by atoms with Gasteiger partial charge in [0.05, 0.1) is 22.2 Å². The van der Waals surface area contributed by atoms with Crippen molar-refractivity contribution in [2.45, 2.75) is 25.7 Å². The van der Waals surface area contributed by atoms with Crippen LogP contribution in [0.25, 0.3) is 6.08 Å². The van der Waals surface area contributed by atoms with Crippen LogP contribution in [0.3, 0.4) is 0 Å². The number of aromatic nitrogens is 1. The molecule has 0 saturated heterocycles. The van der Waals surface area contributed by atoms with Crippen molar-refractivity contribution in [3.8, 4) is 0 Å². The molecule has 1 aromatic carbocycles. The first-order valence-electron chi connectivity index (χ1n) is 7.44. The molecule has 24 heavy (non-hydrogen) atoms. The normalized spacial score (nSPS) is 13.7. The summed E-state index contributed by atoms with van der Waals surface area (Å²) in [7, 11) is 0. The summed E-state index contributed by atoms with van der Waals surface area (Å²) in [4.78, 5) is 27.8. The zero-order valence-electron chi connectivity index (χ0n) is 12.6. The summed E-state index contributed by atoms with van der Waals surface area (Å²) in [6, 6.07) is 3.20. The average Bonchev–Trinajstić information content (AvgIpc) is 2.95. The lowest BCUT2D eigenvalue weighted by Gasteiger charge is -2.06. The van der Waals surface area contributed by atoms with Gasteiger partial charge in [-0.3, -0.25) is 20.2 Å². The topological polar surface area (TPSA) is 85.1 Å². The van der Waals surface area contributed by atoms with Crippen molar-refractivity contribution in [2.75, 3.05) is 5.32 Å². The number of amides is 1. The maximum absolute atomic E-state index is 13.1. The highest BCUT2D eigenvalue weighted by Gasteiger charge is 2.16. The average molecular weight is 347 g/mol. The monoisotopic (exact) mass is 347 g/mol. The van der Waals surface area contributed by atoms with E-state index in [1.54, 1.807) is 0 Å². The zero-order chi connectivity index (χ0) is 17.1. The summed E-state index contributed by atoms with van der Waals surface area (Å²) in [5.41, 5.74) is 0.818. The number of rotatable bonds is 4. The first kappa shape index (κ1) is 16.3. The van der Waals surface area contributed by atoms with Crippen molar-refractivity contribution in [1.29, 1.82) is 0 Å². The second-order valence-corrected chi connectivity index (χ2v) is 6.46. The van der Waals surface area contributed by atoms with E-state index in [9.17, 15) is 19.3 Å². The molecule has 1 heterocycles. The Labute approximate surface area is 141 Å². The Bertz CT molecular complexity index is 808. The number of hydrogen-bond donors (Lipinski definition) is 1. The van der Waals surface area contributed by atoms with Crippen molar-refractivity contribution < 1.29 is 14.1 Å². The number of carbonyl (C=O) groups excluding carboxylic acids is 1. The molecule has 124 valence electrons. The first-order chi connectivity index (χ1) is 11.5. The third-order valence-electron chi connectivity index (χ3n) is 3.68. The first-order valence-corrected chi connectivity index (χ1v) is 8.26. The number of thiazole rings is 1. The minimum atomic E-state index is -0.698. The number of nitrogens with zero attached hydrogens (tertiary/aromatic N) is 2. The summed E-state index contributed by atoms with van der Waals surface area (Å²) in [6.45, 7) is 0. The molecule has 0 aliphatic heterocycles. The Hall–Kier alpha value is -2.61. The Morgan fingerprint density at radius 3 is 2.92 bits per heavy atom. The third kappa shape index (κ3) is 3.65. The van der Waals surface area contributed by atoms with Crippen LogP contribution in [0.4, 0.5) is 15.2 Å². The van der Waals surface area contributed by atoms with Crippen LogP contribution < -0.4 is 5.32 Å². The van der Waals surface area contributed by atoms with Crippen LogP contribution in [-0.4, -0.2) is 15.8 Å². The number of carbonyl (C=O) groups is 1. The molecule has 0 atom stereocenters. The predicted octanol–water partition coefficient (Wildman–Crippen LogP) is 3.72. The summed E-state index contributed by atoms with van der Waals surface area (Å²) in [5.74, 6) is -1.13. The maximum atomic E-state index is 13.1. The molecule has 8 heteroatoms. The lowest BCUT2D eigenvalue weighted by atomic mass is 10.0. The fraction of sp³-hybridized carbons (Fsp3) is 0.250.